The normalized spacial score (nSPS) is 28.5. The van der Waals surface area contributed by atoms with Gasteiger partial charge in [0.1, 0.15) is 0 Å². The molecular formula is C17H26N2O4. The molecule has 2 amide bonds. The van der Waals surface area contributed by atoms with Gasteiger partial charge in [0.05, 0.1) is 11.8 Å². The number of piperidine rings is 1. The maximum Gasteiger partial charge on any atom is 0.307 e. The number of likely N-dealkylation sites (tertiary alicyclic amines) is 2. The van der Waals surface area contributed by atoms with E-state index < -0.39 is 11.9 Å². The van der Waals surface area contributed by atoms with Gasteiger partial charge in [0.2, 0.25) is 11.8 Å². The van der Waals surface area contributed by atoms with Crippen LogP contribution in [0.25, 0.3) is 0 Å². The molecule has 2 aliphatic heterocycles. The molecule has 0 bridgehead atoms. The Morgan fingerprint density at radius 3 is 1.96 bits per heavy atom. The number of aliphatic carboxylic acids is 1. The standard InChI is InChI=1S/C17H26N2O4/c20-15(18-7-1-2-8-18)11-12-5-9-19(10-6-12)16(21)13-3-4-14(13)17(22)23/h12-14H,1-11H2,(H,22,23). The first-order valence-electron chi connectivity index (χ1n) is 8.85. The first-order valence-corrected chi connectivity index (χ1v) is 8.85. The lowest BCUT2D eigenvalue weighted by atomic mass is 9.72. The maximum atomic E-state index is 12.4. The second kappa shape index (κ2) is 6.89. The quantitative estimate of drug-likeness (QED) is 0.847. The summed E-state index contributed by atoms with van der Waals surface area (Å²) in [4.78, 5) is 39.5. The van der Waals surface area contributed by atoms with Gasteiger partial charge in [0.15, 0.2) is 0 Å². The number of carboxylic acid groups (broad SMARTS) is 1. The van der Waals surface area contributed by atoms with E-state index in [-0.39, 0.29) is 17.7 Å². The Morgan fingerprint density at radius 2 is 1.43 bits per heavy atom. The van der Waals surface area contributed by atoms with E-state index in [1.54, 1.807) is 0 Å². The van der Waals surface area contributed by atoms with E-state index in [2.05, 4.69) is 0 Å². The highest BCUT2D eigenvalue weighted by atomic mass is 16.4. The van der Waals surface area contributed by atoms with Crippen molar-refractivity contribution in [2.24, 2.45) is 17.8 Å². The van der Waals surface area contributed by atoms with Crippen LogP contribution in [0, 0.1) is 17.8 Å². The molecule has 2 unspecified atom stereocenters. The predicted molar refractivity (Wildman–Crippen MR) is 83.6 cm³/mol. The van der Waals surface area contributed by atoms with Gasteiger partial charge >= 0.3 is 5.97 Å². The fourth-order valence-corrected chi connectivity index (χ4v) is 4.03. The van der Waals surface area contributed by atoms with Crippen molar-refractivity contribution in [2.45, 2.75) is 44.9 Å². The van der Waals surface area contributed by atoms with Crippen molar-refractivity contribution in [2.75, 3.05) is 26.2 Å². The van der Waals surface area contributed by atoms with Crippen molar-refractivity contribution in [3.8, 4) is 0 Å². The zero-order chi connectivity index (χ0) is 16.4. The van der Waals surface area contributed by atoms with E-state index in [9.17, 15) is 14.4 Å². The highest BCUT2D eigenvalue weighted by molar-refractivity contribution is 5.86. The monoisotopic (exact) mass is 322 g/mol. The van der Waals surface area contributed by atoms with Crippen molar-refractivity contribution in [3.63, 3.8) is 0 Å². The molecule has 0 radical (unpaired) electrons. The summed E-state index contributed by atoms with van der Waals surface area (Å²) in [5.74, 6) is -1.03. The fraction of sp³-hybridized carbons (Fsp3) is 0.824. The molecule has 1 saturated carbocycles. The smallest absolute Gasteiger partial charge is 0.307 e. The summed E-state index contributed by atoms with van der Waals surface area (Å²) in [6.07, 6.45) is 5.86. The van der Waals surface area contributed by atoms with E-state index in [0.717, 1.165) is 38.8 Å². The van der Waals surface area contributed by atoms with Crippen molar-refractivity contribution in [3.05, 3.63) is 0 Å². The Hall–Kier alpha value is -1.59. The number of carbonyl (C=O) groups excluding carboxylic acids is 2. The number of carbonyl (C=O) groups is 3. The largest absolute Gasteiger partial charge is 0.481 e. The molecule has 2 heterocycles. The molecule has 1 aliphatic carbocycles. The third-order valence-electron chi connectivity index (χ3n) is 5.76. The van der Waals surface area contributed by atoms with Crippen LogP contribution in [0.1, 0.15) is 44.9 Å². The van der Waals surface area contributed by atoms with Crippen LogP contribution in [0.15, 0.2) is 0 Å². The van der Waals surface area contributed by atoms with Crippen molar-refractivity contribution < 1.29 is 19.5 Å². The van der Waals surface area contributed by atoms with Crippen LogP contribution in [-0.4, -0.2) is 58.9 Å². The molecule has 3 aliphatic rings. The minimum absolute atomic E-state index is 0.00738. The predicted octanol–water partition coefficient (Wildman–Crippen LogP) is 1.35. The molecule has 6 heteroatoms. The van der Waals surface area contributed by atoms with Gasteiger partial charge in [-0.05, 0) is 44.4 Å². The van der Waals surface area contributed by atoms with E-state index in [1.165, 1.54) is 0 Å². The molecule has 0 spiro atoms. The Balaban J connectivity index is 1.44. The molecule has 3 rings (SSSR count). The topological polar surface area (TPSA) is 77.9 Å². The van der Waals surface area contributed by atoms with E-state index >= 15 is 0 Å². The van der Waals surface area contributed by atoms with Crippen molar-refractivity contribution in [1.29, 1.82) is 0 Å². The SMILES string of the molecule is O=C(O)C1CCC1C(=O)N1CCC(CC(=O)N2CCCC2)CC1. The Labute approximate surface area is 136 Å². The molecule has 23 heavy (non-hydrogen) atoms. The van der Waals surface area contributed by atoms with Gasteiger partial charge in [-0.3, -0.25) is 14.4 Å². The molecule has 1 N–H and O–H groups in total. The van der Waals surface area contributed by atoms with Crippen LogP contribution in [0.4, 0.5) is 0 Å². The molecular weight excluding hydrogens is 296 g/mol. The maximum absolute atomic E-state index is 12.4. The lowest BCUT2D eigenvalue weighted by Gasteiger charge is -2.39. The number of rotatable bonds is 4. The van der Waals surface area contributed by atoms with Gasteiger partial charge in [-0.15, -0.1) is 0 Å². The van der Waals surface area contributed by atoms with Gasteiger partial charge in [-0.2, -0.15) is 0 Å². The number of carboxylic acids is 1. The number of hydrogen-bond acceptors (Lipinski definition) is 3. The van der Waals surface area contributed by atoms with E-state index in [0.29, 0.717) is 38.3 Å². The highest BCUT2D eigenvalue weighted by Crippen LogP contribution is 2.36. The summed E-state index contributed by atoms with van der Waals surface area (Å²) in [6, 6.07) is 0. The summed E-state index contributed by atoms with van der Waals surface area (Å²) in [5, 5.41) is 9.08. The average Bonchev–Trinajstić information content (AvgIpc) is 3.00. The third-order valence-corrected chi connectivity index (χ3v) is 5.76. The second-order valence-corrected chi connectivity index (χ2v) is 7.19. The molecule has 0 aromatic heterocycles. The highest BCUT2D eigenvalue weighted by Gasteiger charge is 2.43. The Bertz CT molecular complexity index is 479. The molecule has 128 valence electrons. The molecule has 6 nitrogen and oxygen atoms in total. The zero-order valence-electron chi connectivity index (χ0n) is 13.6. The lowest BCUT2D eigenvalue weighted by Crippen LogP contribution is -2.48. The van der Waals surface area contributed by atoms with Gasteiger partial charge < -0.3 is 14.9 Å². The molecule has 0 aromatic rings. The summed E-state index contributed by atoms with van der Waals surface area (Å²) in [6.45, 7) is 3.13. The lowest BCUT2D eigenvalue weighted by molar-refractivity contribution is -0.157. The number of amides is 2. The van der Waals surface area contributed by atoms with Crippen LogP contribution >= 0.6 is 0 Å². The zero-order valence-corrected chi connectivity index (χ0v) is 13.6. The van der Waals surface area contributed by atoms with Crippen LogP contribution < -0.4 is 0 Å². The van der Waals surface area contributed by atoms with Crippen molar-refractivity contribution >= 4 is 17.8 Å². The summed E-state index contributed by atoms with van der Waals surface area (Å²) in [5.41, 5.74) is 0. The first-order chi connectivity index (χ1) is 11.1. The van der Waals surface area contributed by atoms with Gasteiger partial charge in [-0.1, -0.05) is 0 Å². The van der Waals surface area contributed by atoms with Crippen LogP contribution in [-0.2, 0) is 14.4 Å². The summed E-state index contributed by atoms with van der Waals surface area (Å²) >= 11 is 0. The number of hydrogen-bond donors (Lipinski definition) is 1. The Morgan fingerprint density at radius 1 is 0.826 bits per heavy atom. The number of nitrogens with zero attached hydrogens (tertiary/aromatic N) is 2. The van der Waals surface area contributed by atoms with Gasteiger partial charge in [0.25, 0.3) is 0 Å². The summed E-state index contributed by atoms with van der Waals surface area (Å²) in [7, 11) is 0. The Kier molecular flexibility index (Phi) is 4.87. The van der Waals surface area contributed by atoms with E-state index in [1.807, 2.05) is 9.80 Å². The van der Waals surface area contributed by atoms with Crippen molar-refractivity contribution in [1.82, 2.24) is 9.80 Å². The van der Waals surface area contributed by atoms with Crippen LogP contribution in [0.5, 0.6) is 0 Å². The van der Waals surface area contributed by atoms with Crippen LogP contribution in [0.3, 0.4) is 0 Å². The minimum Gasteiger partial charge on any atom is -0.481 e. The van der Waals surface area contributed by atoms with E-state index in [4.69, 9.17) is 5.11 Å². The molecule has 2 atom stereocenters. The minimum atomic E-state index is -0.847. The van der Waals surface area contributed by atoms with Gasteiger partial charge in [0, 0.05) is 32.6 Å². The van der Waals surface area contributed by atoms with Crippen LogP contribution in [0.2, 0.25) is 0 Å². The first kappa shape index (κ1) is 16.3. The fourth-order valence-electron chi connectivity index (χ4n) is 4.03. The molecule has 0 aromatic carbocycles. The van der Waals surface area contributed by atoms with Gasteiger partial charge in [-0.25, -0.2) is 0 Å². The second-order valence-electron chi connectivity index (χ2n) is 7.19. The summed E-state index contributed by atoms with van der Waals surface area (Å²) < 4.78 is 0. The average molecular weight is 322 g/mol. The third kappa shape index (κ3) is 3.51. The molecule has 2 saturated heterocycles. The molecule has 3 fully saturated rings.